The minimum Gasteiger partial charge on any atom is -0.0737 e. The summed E-state index contributed by atoms with van der Waals surface area (Å²) in [5.74, 6) is 0. The molecule has 0 aliphatic heterocycles. The molecule has 0 nitrogen and oxygen atoms in total. The van der Waals surface area contributed by atoms with Crippen LogP contribution in [0.3, 0.4) is 0 Å². The lowest BCUT2D eigenvalue weighted by molar-refractivity contribution is 0.847. The summed E-state index contributed by atoms with van der Waals surface area (Å²) in [7, 11) is -1.67. The summed E-state index contributed by atoms with van der Waals surface area (Å²) in [4.78, 5) is 0. The molecule has 0 radical (unpaired) electrons. The molecule has 0 spiro atoms. The van der Waals surface area contributed by atoms with Gasteiger partial charge >= 0.3 is 0 Å². The number of hydrogen-bond donors (Lipinski definition) is 0. The Bertz CT molecular complexity index is 642. The van der Waals surface area contributed by atoms with E-state index in [0.717, 1.165) is 12.8 Å². The van der Waals surface area contributed by atoms with Crippen LogP contribution in [0.25, 0.3) is 0 Å². The van der Waals surface area contributed by atoms with E-state index in [0.29, 0.717) is 0 Å². The van der Waals surface area contributed by atoms with E-state index in [1.807, 2.05) is 0 Å². The highest BCUT2D eigenvalue weighted by atomic mass is 28.3. The average molecular weight is 327 g/mol. The Morgan fingerprint density at radius 2 is 1.43 bits per heavy atom. The standard InChI is InChI=1S/C22H34Si/c1-9-19-12-20(10-2)14-21(13-19)23(8,11-3)22(7)15-16(4)17(5)18(22)6/h12-15H,9-11H2,1-8H3. The monoisotopic (exact) mass is 326 g/mol. The molecule has 1 aromatic carbocycles. The minimum atomic E-state index is -1.67. The van der Waals surface area contributed by atoms with Gasteiger partial charge in [0, 0.05) is 5.04 Å². The maximum atomic E-state index is 2.60. The van der Waals surface area contributed by atoms with Crippen LogP contribution in [0.1, 0.15) is 59.6 Å². The fourth-order valence-electron chi connectivity index (χ4n) is 4.27. The molecule has 23 heavy (non-hydrogen) atoms. The van der Waals surface area contributed by atoms with Gasteiger partial charge in [-0.15, -0.1) is 0 Å². The molecule has 0 bridgehead atoms. The Kier molecular flexibility index (Phi) is 5.11. The summed E-state index contributed by atoms with van der Waals surface area (Å²) >= 11 is 0. The quantitative estimate of drug-likeness (QED) is 0.567. The molecule has 1 aromatic rings. The van der Waals surface area contributed by atoms with Crippen LogP contribution in [0.5, 0.6) is 0 Å². The van der Waals surface area contributed by atoms with Gasteiger partial charge in [0.1, 0.15) is 0 Å². The zero-order valence-electron chi connectivity index (χ0n) is 16.4. The van der Waals surface area contributed by atoms with Gasteiger partial charge in [-0.05, 0) is 50.3 Å². The van der Waals surface area contributed by atoms with Gasteiger partial charge < -0.3 is 0 Å². The fourth-order valence-corrected chi connectivity index (χ4v) is 8.57. The summed E-state index contributed by atoms with van der Waals surface area (Å²) in [6.07, 6.45) is 4.85. The van der Waals surface area contributed by atoms with Crippen LogP contribution < -0.4 is 5.19 Å². The lowest BCUT2D eigenvalue weighted by Crippen LogP contribution is -2.53. The van der Waals surface area contributed by atoms with E-state index >= 15 is 0 Å². The van der Waals surface area contributed by atoms with Crippen molar-refractivity contribution in [2.75, 3.05) is 0 Å². The van der Waals surface area contributed by atoms with Crippen LogP contribution in [-0.4, -0.2) is 8.07 Å². The van der Waals surface area contributed by atoms with E-state index < -0.39 is 8.07 Å². The zero-order chi connectivity index (χ0) is 17.4. The Morgan fingerprint density at radius 3 is 1.78 bits per heavy atom. The Labute approximate surface area is 144 Å². The third-order valence-corrected chi connectivity index (χ3v) is 12.6. The van der Waals surface area contributed by atoms with Crippen molar-refractivity contribution in [3.63, 3.8) is 0 Å². The molecule has 2 unspecified atom stereocenters. The second-order valence-electron chi connectivity index (χ2n) is 7.71. The van der Waals surface area contributed by atoms with Crippen molar-refractivity contribution >= 4 is 13.3 Å². The smallest absolute Gasteiger partial charge is 0.0737 e. The van der Waals surface area contributed by atoms with E-state index in [1.54, 1.807) is 10.8 Å². The molecule has 1 aliphatic carbocycles. The van der Waals surface area contributed by atoms with Crippen LogP contribution in [-0.2, 0) is 12.8 Å². The SMILES string of the molecule is CCc1cc(CC)cc([Si](C)(CC)C2(C)C=C(C)C(C)=C2C)c1. The van der Waals surface area contributed by atoms with Crippen LogP contribution in [0, 0.1) is 0 Å². The van der Waals surface area contributed by atoms with Gasteiger partial charge in [-0.25, -0.2) is 0 Å². The lowest BCUT2D eigenvalue weighted by atomic mass is 10.0. The van der Waals surface area contributed by atoms with Crippen LogP contribution >= 0.6 is 0 Å². The molecule has 1 aliphatic rings. The summed E-state index contributed by atoms with van der Waals surface area (Å²) < 4.78 is 0. The minimum absolute atomic E-state index is 0.243. The Balaban J connectivity index is 2.67. The first-order valence-electron chi connectivity index (χ1n) is 9.24. The number of allylic oxidation sites excluding steroid dienone is 4. The zero-order valence-corrected chi connectivity index (χ0v) is 17.4. The maximum Gasteiger partial charge on any atom is 0.0974 e. The first-order chi connectivity index (χ1) is 10.7. The molecule has 2 rings (SSSR count). The van der Waals surface area contributed by atoms with Gasteiger partial charge in [-0.3, -0.25) is 0 Å². The topological polar surface area (TPSA) is 0 Å². The summed E-state index contributed by atoms with van der Waals surface area (Å²) in [5, 5.41) is 1.89. The third kappa shape index (κ3) is 2.78. The second kappa shape index (κ2) is 6.43. The molecular formula is C22H34Si. The van der Waals surface area contributed by atoms with Gasteiger partial charge in [0.25, 0.3) is 0 Å². The highest BCUT2D eigenvalue weighted by molar-refractivity contribution is 6.94. The summed E-state index contributed by atoms with van der Waals surface area (Å²) in [5.41, 5.74) is 7.62. The highest BCUT2D eigenvalue weighted by Crippen LogP contribution is 2.54. The molecule has 2 atom stereocenters. The van der Waals surface area contributed by atoms with Gasteiger partial charge in [0.2, 0.25) is 0 Å². The lowest BCUT2D eigenvalue weighted by Gasteiger charge is -2.43. The predicted molar refractivity (Wildman–Crippen MR) is 107 cm³/mol. The highest BCUT2D eigenvalue weighted by Gasteiger charge is 2.48. The molecule has 0 amide bonds. The number of hydrogen-bond acceptors (Lipinski definition) is 0. The molecule has 0 heterocycles. The van der Waals surface area contributed by atoms with E-state index in [9.17, 15) is 0 Å². The van der Waals surface area contributed by atoms with E-state index in [4.69, 9.17) is 0 Å². The molecule has 1 heteroatoms. The van der Waals surface area contributed by atoms with Crippen LogP contribution in [0.4, 0.5) is 0 Å². The van der Waals surface area contributed by atoms with Crippen molar-refractivity contribution in [1.82, 2.24) is 0 Å². The molecule has 0 saturated heterocycles. The van der Waals surface area contributed by atoms with Crippen molar-refractivity contribution in [3.05, 3.63) is 52.1 Å². The molecule has 0 fully saturated rings. The molecule has 0 saturated carbocycles. The Hall–Kier alpha value is -1.08. The van der Waals surface area contributed by atoms with Crippen LogP contribution in [0.15, 0.2) is 41.0 Å². The van der Waals surface area contributed by atoms with E-state index in [-0.39, 0.29) is 5.04 Å². The Morgan fingerprint density at radius 1 is 0.913 bits per heavy atom. The summed E-state index contributed by atoms with van der Waals surface area (Å²) in [6, 6.07) is 8.72. The van der Waals surface area contributed by atoms with Gasteiger partial charge in [0.15, 0.2) is 0 Å². The number of benzene rings is 1. The van der Waals surface area contributed by atoms with Gasteiger partial charge in [-0.2, -0.15) is 0 Å². The average Bonchev–Trinajstić information content (AvgIpc) is 2.77. The van der Waals surface area contributed by atoms with E-state index in [1.165, 1.54) is 28.3 Å². The van der Waals surface area contributed by atoms with Crippen molar-refractivity contribution < 1.29 is 0 Å². The molecule has 0 aromatic heterocycles. The number of aryl methyl sites for hydroxylation is 2. The molecule has 0 N–H and O–H groups in total. The van der Waals surface area contributed by atoms with Gasteiger partial charge in [0.05, 0.1) is 8.07 Å². The molecule has 126 valence electrons. The van der Waals surface area contributed by atoms with Crippen molar-refractivity contribution in [1.29, 1.82) is 0 Å². The largest absolute Gasteiger partial charge is 0.0974 e. The van der Waals surface area contributed by atoms with Crippen LogP contribution in [0.2, 0.25) is 17.6 Å². The van der Waals surface area contributed by atoms with Gasteiger partial charge in [-0.1, -0.05) is 80.9 Å². The molecular weight excluding hydrogens is 292 g/mol. The maximum absolute atomic E-state index is 2.60. The fraction of sp³-hybridized carbons (Fsp3) is 0.545. The first kappa shape index (κ1) is 18.3. The van der Waals surface area contributed by atoms with Crippen molar-refractivity contribution in [2.24, 2.45) is 0 Å². The second-order valence-corrected chi connectivity index (χ2v) is 12.7. The van der Waals surface area contributed by atoms with Crippen molar-refractivity contribution in [2.45, 2.75) is 78.9 Å². The summed E-state index contributed by atoms with van der Waals surface area (Å²) in [6.45, 7) is 19.0. The first-order valence-corrected chi connectivity index (χ1v) is 11.9. The number of rotatable bonds is 5. The van der Waals surface area contributed by atoms with E-state index in [2.05, 4.69) is 79.3 Å². The normalized spacial score (nSPS) is 23.9. The van der Waals surface area contributed by atoms with Crippen molar-refractivity contribution in [3.8, 4) is 0 Å². The third-order valence-electron chi connectivity index (χ3n) is 6.80. The predicted octanol–water partition coefficient (Wildman–Crippen LogP) is 6.17.